The molecule has 1 aliphatic carbocycles. The molecule has 140 valence electrons. The molecule has 3 amide bonds. The van der Waals surface area contributed by atoms with Crippen molar-refractivity contribution in [3.8, 4) is 0 Å². The Hall–Kier alpha value is -2.48. The van der Waals surface area contributed by atoms with E-state index in [9.17, 15) is 19.5 Å². The van der Waals surface area contributed by atoms with Crippen molar-refractivity contribution in [2.75, 3.05) is 11.9 Å². The lowest BCUT2D eigenvalue weighted by Crippen LogP contribution is -2.55. The molecule has 4 N–H and O–H groups in total. The molecule has 1 aromatic rings. The fourth-order valence-electron chi connectivity index (χ4n) is 3.80. The fraction of sp³-hybridized carbons (Fsp3) is 0.556. The van der Waals surface area contributed by atoms with E-state index in [1.807, 2.05) is 0 Å². The summed E-state index contributed by atoms with van der Waals surface area (Å²) in [4.78, 5) is 41.9. The molecule has 0 radical (unpaired) electrons. The number of piperidine rings is 1. The molecule has 2 atom stereocenters. The van der Waals surface area contributed by atoms with E-state index >= 15 is 0 Å². The fourth-order valence-corrected chi connectivity index (χ4v) is 3.80. The van der Waals surface area contributed by atoms with Crippen molar-refractivity contribution in [1.82, 2.24) is 9.88 Å². The molecule has 1 saturated heterocycles. The zero-order valence-electron chi connectivity index (χ0n) is 14.7. The van der Waals surface area contributed by atoms with Crippen molar-refractivity contribution in [3.05, 3.63) is 24.0 Å². The highest BCUT2D eigenvalue weighted by molar-refractivity contribution is 6.39. The lowest BCUT2D eigenvalue weighted by molar-refractivity contribution is -0.149. The molecular formula is C18H24N4O4. The number of carbonyl (C=O) groups excluding carboxylic acids is 3. The van der Waals surface area contributed by atoms with Gasteiger partial charge < -0.3 is 21.1 Å². The maximum atomic E-state index is 12.7. The highest BCUT2D eigenvalue weighted by Gasteiger charge is 2.42. The number of rotatable bonds is 3. The summed E-state index contributed by atoms with van der Waals surface area (Å²) in [6, 6.07) is 1.38. The third-order valence-electron chi connectivity index (χ3n) is 5.29. The number of hydrogen-bond acceptors (Lipinski definition) is 5. The van der Waals surface area contributed by atoms with Gasteiger partial charge in [-0.25, -0.2) is 0 Å². The number of nitrogens with two attached hydrogens (primary N) is 1. The van der Waals surface area contributed by atoms with Crippen LogP contribution in [0, 0.1) is 11.8 Å². The molecule has 26 heavy (non-hydrogen) atoms. The van der Waals surface area contributed by atoms with Crippen LogP contribution in [0.3, 0.4) is 0 Å². The molecule has 0 spiro atoms. The van der Waals surface area contributed by atoms with E-state index in [0.29, 0.717) is 25.3 Å². The number of nitrogens with zero attached hydrogens (tertiary/aromatic N) is 2. The van der Waals surface area contributed by atoms with Gasteiger partial charge in [0.05, 0.1) is 23.6 Å². The minimum absolute atomic E-state index is 0.0112. The minimum atomic E-state index is -0.757. The summed E-state index contributed by atoms with van der Waals surface area (Å²) >= 11 is 0. The molecule has 2 fully saturated rings. The maximum Gasteiger partial charge on any atom is 0.313 e. The number of aromatic nitrogens is 1. The summed E-state index contributed by atoms with van der Waals surface area (Å²) in [6.07, 6.45) is 5.56. The molecule has 1 unspecified atom stereocenters. The Morgan fingerprint density at radius 2 is 2.00 bits per heavy atom. The Balaban J connectivity index is 1.70. The van der Waals surface area contributed by atoms with Gasteiger partial charge in [0.15, 0.2) is 0 Å². The highest BCUT2D eigenvalue weighted by atomic mass is 16.3. The van der Waals surface area contributed by atoms with Gasteiger partial charge in [0.2, 0.25) is 5.91 Å². The van der Waals surface area contributed by atoms with E-state index in [-0.39, 0.29) is 29.3 Å². The van der Waals surface area contributed by atoms with Crippen molar-refractivity contribution in [2.24, 2.45) is 17.6 Å². The van der Waals surface area contributed by atoms with Gasteiger partial charge in [0.1, 0.15) is 0 Å². The van der Waals surface area contributed by atoms with Crippen LogP contribution in [0.5, 0.6) is 0 Å². The van der Waals surface area contributed by atoms with Crippen LogP contribution in [-0.2, 0) is 9.59 Å². The number of pyridine rings is 1. The van der Waals surface area contributed by atoms with Gasteiger partial charge in [0.25, 0.3) is 0 Å². The quantitative estimate of drug-likeness (QED) is 0.678. The van der Waals surface area contributed by atoms with Gasteiger partial charge in [-0.05, 0) is 43.6 Å². The minimum Gasteiger partial charge on any atom is -0.393 e. The van der Waals surface area contributed by atoms with Gasteiger partial charge in [-0.3, -0.25) is 19.4 Å². The number of hydrogen-bond donors (Lipinski definition) is 3. The van der Waals surface area contributed by atoms with Crippen molar-refractivity contribution < 1.29 is 19.5 Å². The second-order valence-corrected chi connectivity index (χ2v) is 7.37. The van der Waals surface area contributed by atoms with E-state index in [2.05, 4.69) is 17.2 Å². The second-order valence-electron chi connectivity index (χ2n) is 7.37. The lowest BCUT2D eigenvalue weighted by atomic mass is 9.73. The van der Waals surface area contributed by atoms with Crippen molar-refractivity contribution in [3.63, 3.8) is 0 Å². The predicted octanol–water partition coefficient (Wildman–Crippen LogP) is 0.517. The topological polar surface area (TPSA) is 126 Å². The van der Waals surface area contributed by atoms with Crippen LogP contribution < -0.4 is 11.1 Å². The van der Waals surface area contributed by atoms with Gasteiger partial charge in [0, 0.05) is 18.8 Å². The van der Waals surface area contributed by atoms with E-state index in [1.54, 1.807) is 4.90 Å². The van der Waals surface area contributed by atoms with E-state index in [1.165, 1.54) is 18.5 Å². The molecule has 0 aromatic carbocycles. The summed E-state index contributed by atoms with van der Waals surface area (Å²) < 4.78 is 0. The number of aliphatic hydroxyl groups excluding tert-OH is 1. The number of nitrogens with one attached hydrogen (secondary N) is 1. The zero-order chi connectivity index (χ0) is 18.8. The SMILES string of the molecule is C[C@@H]1CCC(C2CC(O)C2)N(C(=O)C(=O)Nc2cncc(C(N)=O)c2)C1. The Labute approximate surface area is 151 Å². The number of amides is 3. The average Bonchev–Trinajstić information content (AvgIpc) is 2.58. The van der Waals surface area contributed by atoms with Crippen LogP contribution in [0.2, 0.25) is 0 Å². The Morgan fingerprint density at radius 1 is 1.27 bits per heavy atom. The molecule has 1 saturated carbocycles. The van der Waals surface area contributed by atoms with Crippen LogP contribution in [0.4, 0.5) is 5.69 Å². The molecule has 1 aromatic heterocycles. The normalized spacial score (nSPS) is 28.2. The van der Waals surface area contributed by atoms with Crippen LogP contribution in [0.15, 0.2) is 18.5 Å². The molecule has 8 nitrogen and oxygen atoms in total. The number of primary amides is 1. The van der Waals surface area contributed by atoms with E-state index < -0.39 is 17.7 Å². The highest BCUT2D eigenvalue weighted by Crippen LogP contribution is 2.38. The van der Waals surface area contributed by atoms with Gasteiger partial charge >= 0.3 is 11.8 Å². The molecule has 8 heteroatoms. The smallest absolute Gasteiger partial charge is 0.313 e. The number of anilines is 1. The average molecular weight is 360 g/mol. The lowest BCUT2D eigenvalue weighted by Gasteiger charge is -2.47. The first-order chi connectivity index (χ1) is 12.3. The number of carbonyl (C=O) groups is 3. The van der Waals surface area contributed by atoms with Crippen molar-refractivity contribution in [1.29, 1.82) is 0 Å². The van der Waals surface area contributed by atoms with Crippen molar-refractivity contribution in [2.45, 2.75) is 44.8 Å². The van der Waals surface area contributed by atoms with Crippen LogP contribution in [0.25, 0.3) is 0 Å². The van der Waals surface area contributed by atoms with Crippen LogP contribution in [-0.4, -0.2) is 51.4 Å². The first kappa shape index (κ1) is 18.3. The number of aliphatic hydroxyl groups is 1. The van der Waals surface area contributed by atoms with Gasteiger partial charge in [-0.1, -0.05) is 6.92 Å². The molecule has 0 bridgehead atoms. The van der Waals surface area contributed by atoms with Gasteiger partial charge in [-0.15, -0.1) is 0 Å². The maximum absolute atomic E-state index is 12.7. The largest absolute Gasteiger partial charge is 0.393 e. The summed E-state index contributed by atoms with van der Waals surface area (Å²) in [6.45, 7) is 2.59. The third kappa shape index (κ3) is 3.85. The van der Waals surface area contributed by atoms with Crippen LogP contribution >= 0.6 is 0 Å². The Morgan fingerprint density at radius 3 is 2.65 bits per heavy atom. The van der Waals surface area contributed by atoms with Crippen molar-refractivity contribution >= 4 is 23.4 Å². The molecule has 3 rings (SSSR count). The van der Waals surface area contributed by atoms with Crippen LogP contribution in [0.1, 0.15) is 43.0 Å². The molecule has 2 aliphatic rings. The Bertz CT molecular complexity index is 717. The molecular weight excluding hydrogens is 336 g/mol. The summed E-state index contributed by atoms with van der Waals surface area (Å²) in [5.41, 5.74) is 5.61. The molecule has 2 heterocycles. The predicted molar refractivity (Wildman–Crippen MR) is 94.0 cm³/mol. The monoisotopic (exact) mass is 360 g/mol. The molecule has 1 aliphatic heterocycles. The first-order valence-corrected chi connectivity index (χ1v) is 8.90. The first-order valence-electron chi connectivity index (χ1n) is 8.90. The van der Waals surface area contributed by atoms with E-state index in [4.69, 9.17) is 5.73 Å². The zero-order valence-corrected chi connectivity index (χ0v) is 14.7. The summed E-state index contributed by atoms with van der Waals surface area (Å²) in [5, 5.41) is 12.1. The second kappa shape index (κ2) is 7.41. The standard InChI is InChI=1S/C18H24N4O4/c1-10-2-3-15(11-5-14(23)6-11)22(9-10)18(26)17(25)21-13-4-12(16(19)24)7-20-8-13/h4,7-8,10-11,14-15,23H,2-3,5-6,9H2,1H3,(H2,19,24)(H,21,25)/t10-,11?,14?,15?/m1/s1. The summed E-state index contributed by atoms with van der Waals surface area (Å²) in [5.74, 6) is -1.44. The Kier molecular flexibility index (Phi) is 5.22. The summed E-state index contributed by atoms with van der Waals surface area (Å²) in [7, 11) is 0. The van der Waals surface area contributed by atoms with E-state index in [0.717, 1.165) is 12.8 Å². The third-order valence-corrected chi connectivity index (χ3v) is 5.29. The van der Waals surface area contributed by atoms with Gasteiger partial charge in [-0.2, -0.15) is 0 Å². The number of likely N-dealkylation sites (tertiary alicyclic amines) is 1.